The summed E-state index contributed by atoms with van der Waals surface area (Å²) >= 11 is 2.04. The molecule has 4 heteroatoms. The van der Waals surface area contributed by atoms with Crippen LogP contribution in [0.1, 0.15) is 0 Å². The van der Waals surface area contributed by atoms with Gasteiger partial charge in [0.05, 0.1) is 0 Å². The predicted octanol–water partition coefficient (Wildman–Crippen LogP) is -0.631. The summed E-state index contributed by atoms with van der Waals surface area (Å²) in [5, 5.41) is 0. The van der Waals surface area contributed by atoms with Crippen molar-refractivity contribution in [3.05, 3.63) is 12.7 Å². The SMILES string of the molecule is C=CCN([SeH])C(N)=O. The molecule has 8 heavy (non-hydrogen) atoms. The zero-order valence-electron chi connectivity index (χ0n) is 4.37. The summed E-state index contributed by atoms with van der Waals surface area (Å²) in [6, 6.07) is -0.454. The van der Waals surface area contributed by atoms with E-state index in [1.54, 1.807) is 6.08 Å². The van der Waals surface area contributed by atoms with Crippen LogP contribution >= 0.6 is 0 Å². The Labute approximate surface area is 56.6 Å². The third-order valence-corrected chi connectivity index (χ3v) is 1.31. The Bertz CT molecular complexity index is 104. The number of primary amides is 1. The van der Waals surface area contributed by atoms with E-state index in [2.05, 4.69) is 6.58 Å². The van der Waals surface area contributed by atoms with Gasteiger partial charge in [-0.2, -0.15) is 0 Å². The van der Waals surface area contributed by atoms with Gasteiger partial charge in [0.1, 0.15) is 0 Å². The van der Waals surface area contributed by atoms with Crippen LogP contribution in [0.3, 0.4) is 0 Å². The van der Waals surface area contributed by atoms with Crippen LogP contribution in [0.15, 0.2) is 12.7 Å². The molecule has 0 fully saturated rings. The number of nitrogens with two attached hydrogens (primary N) is 1. The van der Waals surface area contributed by atoms with E-state index in [1.165, 1.54) is 3.92 Å². The third kappa shape index (κ3) is 2.66. The normalized spacial score (nSPS) is 8.12. The minimum absolute atomic E-state index is 0.454. The van der Waals surface area contributed by atoms with Gasteiger partial charge in [-0.05, 0) is 0 Å². The zero-order valence-corrected chi connectivity index (χ0v) is 6.25. The number of hydrogen-bond acceptors (Lipinski definition) is 1. The van der Waals surface area contributed by atoms with Crippen molar-refractivity contribution >= 4 is 22.3 Å². The average Bonchev–Trinajstić information content (AvgIpc) is 1.67. The first kappa shape index (κ1) is 7.53. The van der Waals surface area contributed by atoms with Crippen molar-refractivity contribution < 1.29 is 4.79 Å². The van der Waals surface area contributed by atoms with E-state index in [1.807, 2.05) is 16.2 Å². The quantitative estimate of drug-likeness (QED) is 0.445. The van der Waals surface area contributed by atoms with Crippen molar-refractivity contribution in [1.82, 2.24) is 3.92 Å². The minimum atomic E-state index is -0.454. The molecule has 0 aliphatic heterocycles. The van der Waals surface area contributed by atoms with E-state index < -0.39 is 6.03 Å². The first-order chi connectivity index (χ1) is 3.68. The third-order valence-electron chi connectivity index (χ3n) is 0.556. The number of amides is 2. The molecule has 0 spiro atoms. The van der Waals surface area contributed by atoms with E-state index in [0.717, 1.165) is 0 Å². The monoisotopic (exact) mass is 180 g/mol. The number of nitrogens with zero attached hydrogens (tertiary/aromatic N) is 1. The molecule has 0 aromatic carbocycles. The summed E-state index contributed by atoms with van der Waals surface area (Å²) in [6.45, 7) is 3.91. The molecule has 0 unspecified atom stereocenters. The van der Waals surface area contributed by atoms with Crippen molar-refractivity contribution in [2.75, 3.05) is 6.54 Å². The number of carbonyl (C=O) groups is 1. The van der Waals surface area contributed by atoms with Crippen LogP contribution in [0.5, 0.6) is 0 Å². The first-order valence-electron chi connectivity index (χ1n) is 2.05. The van der Waals surface area contributed by atoms with Crippen LogP contribution in [0, 0.1) is 0 Å². The topological polar surface area (TPSA) is 46.3 Å². The van der Waals surface area contributed by atoms with Crippen LogP contribution in [0.4, 0.5) is 4.79 Å². The number of rotatable bonds is 2. The second-order valence-electron chi connectivity index (χ2n) is 1.21. The summed E-state index contributed by atoms with van der Waals surface area (Å²) < 4.78 is 1.31. The fraction of sp³-hybridized carbons (Fsp3) is 0.250. The molecule has 46 valence electrons. The summed E-state index contributed by atoms with van der Waals surface area (Å²) in [7, 11) is 0. The maximum atomic E-state index is 10.2. The molecule has 3 nitrogen and oxygen atoms in total. The Hall–Kier alpha value is -0.471. The molecular weight excluding hydrogens is 171 g/mol. The number of hydrogen-bond donors (Lipinski definition) is 1. The van der Waals surface area contributed by atoms with Crippen LogP contribution in [-0.4, -0.2) is 32.7 Å². The van der Waals surface area contributed by atoms with Gasteiger partial charge in [0.25, 0.3) is 0 Å². The van der Waals surface area contributed by atoms with Crippen LogP contribution in [0.25, 0.3) is 0 Å². The molecule has 0 heterocycles. The molecule has 0 rings (SSSR count). The van der Waals surface area contributed by atoms with Crippen LogP contribution in [-0.2, 0) is 0 Å². The Morgan fingerprint density at radius 1 is 2.00 bits per heavy atom. The molecule has 0 bridgehead atoms. The van der Waals surface area contributed by atoms with E-state index >= 15 is 0 Å². The van der Waals surface area contributed by atoms with Gasteiger partial charge in [0, 0.05) is 0 Å². The fourth-order valence-electron chi connectivity index (χ4n) is 0.212. The molecule has 0 aromatic rings. The van der Waals surface area contributed by atoms with Crippen LogP contribution in [0.2, 0.25) is 0 Å². The van der Waals surface area contributed by atoms with Crippen molar-refractivity contribution in [1.29, 1.82) is 0 Å². The van der Waals surface area contributed by atoms with Gasteiger partial charge in [-0.3, -0.25) is 0 Å². The predicted molar refractivity (Wildman–Crippen MR) is 33.6 cm³/mol. The van der Waals surface area contributed by atoms with Crippen LogP contribution < -0.4 is 5.73 Å². The number of carbonyl (C=O) groups excluding carboxylic acids is 1. The van der Waals surface area contributed by atoms with Gasteiger partial charge >= 0.3 is 55.9 Å². The second kappa shape index (κ2) is 3.52. The summed E-state index contributed by atoms with van der Waals surface area (Å²) in [5.41, 5.74) is 4.85. The van der Waals surface area contributed by atoms with Gasteiger partial charge in [0.15, 0.2) is 0 Å². The first-order valence-corrected chi connectivity index (χ1v) is 2.89. The van der Waals surface area contributed by atoms with Crippen molar-refractivity contribution in [3.63, 3.8) is 0 Å². The van der Waals surface area contributed by atoms with Gasteiger partial charge in [-0.1, -0.05) is 0 Å². The molecule has 2 amide bonds. The summed E-state index contributed by atoms with van der Waals surface area (Å²) in [5.74, 6) is 0. The molecule has 0 saturated carbocycles. The van der Waals surface area contributed by atoms with Crippen molar-refractivity contribution in [3.8, 4) is 0 Å². The van der Waals surface area contributed by atoms with E-state index in [0.29, 0.717) is 6.54 Å². The summed E-state index contributed by atoms with van der Waals surface area (Å²) in [4.78, 5) is 10.2. The Morgan fingerprint density at radius 2 is 2.50 bits per heavy atom. The van der Waals surface area contributed by atoms with E-state index in [9.17, 15) is 4.79 Å². The molecule has 0 atom stereocenters. The standard InChI is InChI=1S/C4H8N2OSe/c1-2-3-6(8)4(5)7/h2,8H,1,3H2,(H2,5,7). The average molecular weight is 179 g/mol. The van der Waals surface area contributed by atoms with E-state index in [4.69, 9.17) is 5.73 Å². The van der Waals surface area contributed by atoms with Gasteiger partial charge in [0.2, 0.25) is 0 Å². The van der Waals surface area contributed by atoms with Gasteiger partial charge < -0.3 is 0 Å². The molecule has 0 aliphatic rings. The Kier molecular flexibility index (Phi) is 3.31. The molecule has 0 saturated heterocycles. The fourth-order valence-corrected chi connectivity index (χ4v) is 0.455. The molecule has 0 aromatic heterocycles. The number of urea groups is 1. The molecule has 0 radical (unpaired) electrons. The molecule has 0 aliphatic carbocycles. The molecule has 2 N–H and O–H groups in total. The van der Waals surface area contributed by atoms with Gasteiger partial charge in [-0.25, -0.2) is 0 Å². The zero-order chi connectivity index (χ0) is 6.57. The van der Waals surface area contributed by atoms with Gasteiger partial charge in [-0.15, -0.1) is 0 Å². The molecular formula is C4H8N2OSe. The van der Waals surface area contributed by atoms with E-state index in [-0.39, 0.29) is 0 Å². The Morgan fingerprint density at radius 3 is 2.62 bits per heavy atom. The second-order valence-corrected chi connectivity index (χ2v) is 2.22. The van der Waals surface area contributed by atoms with Crippen molar-refractivity contribution in [2.24, 2.45) is 5.73 Å². The Balaban J connectivity index is 3.46. The maximum absolute atomic E-state index is 10.2. The van der Waals surface area contributed by atoms with Crippen molar-refractivity contribution in [2.45, 2.75) is 0 Å². The summed E-state index contributed by atoms with van der Waals surface area (Å²) in [6.07, 6.45) is 1.60.